The molecule has 2 aromatic rings. The summed E-state index contributed by atoms with van der Waals surface area (Å²) in [7, 11) is 0. The summed E-state index contributed by atoms with van der Waals surface area (Å²) in [6.45, 7) is 3.47. The maximum Gasteiger partial charge on any atom is 0.248 e. The molecule has 4 nitrogen and oxygen atoms in total. The van der Waals surface area contributed by atoms with Gasteiger partial charge in [0.1, 0.15) is 0 Å². The van der Waals surface area contributed by atoms with Gasteiger partial charge in [0.25, 0.3) is 0 Å². The van der Waals surface area contributed by atoms with Crippen molar-refractivity contribution in [2.75, 3.05) is 10.6 Å². The van der Waals surface area contributed by atoms with Crippen LogP contribution in [0.25, 0.3) is 6.08 Å². The molecule has 0 aliphatic rings. The molecule has 0 spiro atoms. The number of hydrogen-bond acceptors (Lipinski definition) is 2. The van der Waals surface area contributed by atoms with E-state index in [4.69, 9.17) is 0 Å². The maximum atomic E-state index is 11.8. The fourth-order valence-electron chi connectivity index (χ4n) is 1.87. The summed E-state index contributed by atoms with van der Waals surface area (Å²) in [4.78, 5) is 22.8. The molecule has 112 valence electrons. The summed E-state index contributed by atoms with van der Waals surface area (Å²) < 4.78 is 0. The van der Waals surface area contributed by atoms with Crippen LogP contribution in [0.5, 0.6) is 0 Å². The summed E-state index contributed by atoms with van der Waals surface area (Å²) in [6.07, 6.45) is 3.26. The van der Waals surface area contributed by atoms with E-state index in [1.54, 1.807) is 30.3 Å². The second-order valence-electron chi connectivity index (χ2n) is 4.99. The van der Waals surface area contributed by atoms with E-state index in [1.807, 2.05) is 31.2 Å². The van der Waals surface area contributed by atoms with Crippen LogP contribution in [-0.2, 0) is 9.59 Å². The van der Waals surface area contributed by atoms with Crippen LogP contribution in [0, 0.1) is 6.92 Å². The molecule has 0 atom stereocenters. The van der Waals surface area contributed by atoms with Crippen molar-refractivity contribution in [2.24, 2.45) is 0 Å². The van der Waals surface area contributed by atoms with Gasteiger partial charge in [0.2, 0.25) is 11.8 Å². The fourth-order valence-corrected chi connectivity index (χ4v) is 1.87. The van der Waals surface area contributed by atoms with E-state index in [1.165, 1.54) is 18.6 Å². The molecule has 0 bridgehead atoms. The molecule has 0 saturated carbocycles. The van der Waals surface area contributed by atoms with Crippen molar-refractivity contribution in [3.8, 4) is 0 Å². The Morgan fingerprint density at radius 1 is 0.864 bits per heavy atom. The lowest BCUT2D eigenvalue weighted by Gasteiger charge is -2.05. The predicted molar refractivity (Wildman–Crippen MR) is 89.6 cm³/mol. The van der Waals surface area contributed by atoms with E-state index < -0.39 is 0 Å². The minimum Gasteiger partial charge on any atom is -0.326 e. The lowest BCUT2D eigenvalue weighted by atomic mass is 10.1. The Hall–Kier alpha value is -2.88. The molecule has 0 saturated heterocycles. The Morgan fingerprint density at radius 3 is 1.95 bits per heavy atom. The quantitative estimate of drug-likeness (QED) is 0.846. The SMILES string of the molecule is CC(=O)Nc1ccc(NC(=O)C=Cc2ccc(C)cc2)cc1. The van der Waals surface area contributed by atoms with Crippen molar-refractivity contribution in [1.82, 2.24) is 0 Å². The molecule has 0 unspecified atom stereocenters. The molecule has 2 amide bonds. The fraction of sp³-hybridized carbons (Fsp3) is 0.111. The number of anilines is 2. The van der Waals surface area contributed by atoms with Crippen LogP contribution in [0.1, 0.15) is 18.1 Å². The average Bonchev–Trinajstić information content (AvgIpc) is 2.48. The minimum atomic E-state index is -0.201. The maximum absolute atomic E-state index is 11.8. The molecule has 2 aromatic carbocycles. The summed E-state index contributed by atoms with van der Waals surface area (Å²) in [5, 5.41) is 5.44. The van der Waals surface area contributed by atoms with Crippen LogP contribution in [0.2, 0.25) is 0 Å². The molecular weight excluding hydrogens is 276 g/mol. The third kappa shape index (κ3) is 4.90. The van der Waals surface area contributed by atoms with E-state index in [0.29, 0.717) is 11.4 Å². The highest BCUT2D eigenvalue weighted by atomic mass is 16.2. The van der Waals surface area contributed by atoms with E-state index >= 15 is 0 Å². The molecule has 0 aliphatic carbocycles. The molecule has 0 fully saturated rings. The van der Waals surface area contributed by atoms with Gasteiger partial charge in [0, 0.05) is 24.4 Å². The highest BCUT2D eigenvalue weighted by Crippen LogP contribution is 2.13. The number of aryl methyl sites for hydroxylation is 1. The van der Waals surface area contributed by atoms with Gasteiger partial charge in [0.15, 0.2) is 0 Å². The van der Waals surface area contributed by atoms with Crippen LogP contribution >= 0.6 is 0 Å². The topological polar surface area (TPSA) is 58.2 Å². The number of rotatable bonds is 4. The molecule has 0 radical (unpaired) electrons. The van der Waals surface area contributed by atoms with Gasteiger partial charge < -0.3 is 10.6 Å². The first-order valence-electron chi connectivity index (χ1n) is 6.96. The van der Waals surface area contributed by atoms with E-state index in [2.05, 4.69) is 10.6 Å². The molecule has 0 aromatic heterocycles. The standard InChI is InChI=1S/C18H18N2O2/c1-13-3-5-15(6-4-13)7-12-18(22)20-17-10-8-16(9-11-17)19-14(2)21/h3-12H,1-2H3,(H,19,21)(H,20,22). The first-order chi connectivity index (χ1) is 10.5. The third-order valence-electron chi connectivity index (χ3n) is 2.98. The zero-order chi connectivity index (χ0) is 15.9. The number of carbonyl (C=O) groups is 2. The number of nitrogens with one attached hydrogen (secondary N) is 2. The predicted octanol–water partition coefficient (Wildman–Crippen LogP) is 3.61. The molecule has 4 heteroatoms. The average molecular weight is 294 g/mol. The summed E-state index contributed by atoms with van der Waals surface area (Å²) in [5.41, 5.74) is 3.52. The highest BCUT2D eigenvalue weighted by molar-refractivity contribution is 6.02. The molecule has 2 N–H and O–H groups in total. The van der Waals surface area contributed by atoms with Crippen LogP contribution in [-0.4, -0.2) is 11.8 Å². The Labute approximate surface area is 129 Å². The number of carbonyl (C=O) groups excluding carboxylic acids is 2. The van der Waals surface area contributed by atoms with E-state index in [0.717, 1.165) is 5.56 Å². The van der Waals surface area contributed by atoms with Crippen molar-refractivity contribution in [2.45, 2.75) is 13.8 Å². The van der Waals surface area contributed by atoms with Crippen molar-refractivity contribution < 1.29 is 9.59 Å². The second-order valence-corrected chi connectivity index (χ2v) is 4.99. The van der Waals surface area contributed by atoms with Crippen LogP contribution < -0.4 is 10.6 Å². The van der Waals surface area contributed by atoms with Crippen molar-refractivity contribution in [3.63, 3.8) is 0 Å². The first-order valence-corrected chi connectivity index (χ1v) is 6.96. The van der Waals surface area contributed by atoms with E-state index in [-0.39, 0.29) is 11.8 Å². The van der Waals surface area contributed by atoms with E-state index in [9.17, 15) is 9.59 Å². The Balaban J connectivity index is 1.94. The van der Waals surface area contributed by atoms with Gasteiger partial charge in [-0.2, -0.15) is 0 Å². The first kappa shape index (κ1) is 15.5. The number of benzene rings is 2. The number of amides is 2. The summed E-state index contributed by atoms with van der Waals surface area (Å²) >= 11 is 0. The number of hydrogen-bond donors (Lipinski definition) is 2. The third-order valence-corrected chi connectivity index (χ3v) is 2.98. The van der Waals surface area contributed by atoms with Crippen LogP contribution in [0.4, 0.5) is 11.4 Å². The van der Waals surface area contributed by atoms with Gasteiger partial charge >= 0.3 is 0 Å². The van der Waals surface area contributed by atoms with Crippen LogP contribution in [0.15, 0.2) is 54.6 Å². The highest BCUT2D eigenvalue weighted by Gasteiger charge is 1.99. The molecule has 2 rings (SSSR count). The lowest BCUT2D eigenvalue weighted by molar-refractivity contribution is -0.114. The largest absolute Gasteiger partial charge is 0.326 e. The second kappa shape index (κ2) is 7.22. The lowest BCUT2D eigenvalue weighted by Crippen LogP contribution is -2.08. The van der Waals surface area contributed by atoms with Crippen molar-refractivity contribution in [3.05, 3.63) is 65.7 Å². The minimum absolute atomic E-state index is 0.127. The zero-order valence-electron chi connectivity index (χ0n) is 12.6. The summed E-state index contributed by atoms with van der Waals surface area (Å²) in [6, 6.07) is 14.9. The Morgan fingerprint density at radius 2 is 1.41 bits per heavy atom. The summed E-state index contributed by atoms with van der Waals surface area (Å²) in [5.74, 6) is -0.328. The Kier molecular flexibility index (Phi) is 5.09. The molecule has 0 aliphatic heterocycles. The molecule has 22 heavy (non-hydrogen) atoms. The van der Waals surface area contributed by atoms with Gasteiger partial charge in [-0.15, -0.1) is 0 Å². The molecule has 0 heterocycles. The zero-order valence-corrected chi connectivity index (χ0v) is 12.6. The smallest absolute Gasteiger partial charge is 0.248 e. The monoisotopic (exact) mass is 294 g/mol. The normalized spacial score (nSPS) is 10.5. The van der Waals surface area contributed by atoms with Gasteiger partial charge in [-0.3, -0.25) is 9.59 Å². The van der Waals surface area contributed by atoms with Gasteiger partial charge in [-0.05, 0) is 42.8 Å². The van der Waals surface area contributed by atoms with Gasteiger partial charge in [0.05, 0.1) is 0 Å². The Bertz CT molecular complexity index is 686. The molecular formula is C18H18N2O2. The van der Waals surface area contributed by atoms with Gasteiger partial charge in [-0.25, -0.2) is 0 Å². The van der Waals surface area contributed by atoms with Crippen molar-refractivity contribution in [1.29, 1.82) is 0 Å². The van der Waals surface area contributed by atoms with Crippen LogP contribution in [0.3, 0.4) is 0 Å². The van der Waals surface area contributed by atoms with Gasteiger partial charge in [-0.1, -0.05) is 29.8 Å². The van der Waals surface area contributed by atoms with Crippen molar-refractivity contribution >= 4 is 29.3 Å².